The minimum atomic E-state index is 0.0465. The van der Waals surface area contributed by atoms with Gasteiger partial charge in [-0.15, -0.1) is 10.2 Å². The lowest BCUT2D eigenvalue weighted by Crippen LogP contribution is -3.14. The first-order chi connectivity index (χ1) is 8.13. The number of nitrogens with zero attached hydrogens (tertiary/aromatic N) is 2. The van der Waals surface area contributed by atoms with E-state index in [0.29, 0.717) is 11.7 Å². The van der Waals surface area contributed by atoms with Gasteiger partial charge in [-0.1, -0.05) is 18.3 Å². The van der Waals surface area contributed by atoms with Crippen LogP contribution in [0.2, 0.25) is 0 Å². The van der Waals surface area contributed by atoms with Gasteiger partial charge in [-0.05, 0) is 19.8 Å². The Morgan fingerprint density at radius 3 is 3.06 bits per heavy atom. The second kappa shape index (κ2) is 5.55. The third-order valence-corrected chi connectivity index (χ3v) is 3.80. The Hall–Kier alpha value is -1.01. The minimum absolute atomic E-state index is 0.0465. The fourth-order valence-electron chi connectivity index (χ4n) is 2.30. The van der Waals surface area contributed by atoms with Crippen LogP contribution in [-0.2, 0) is 4.79 Å². The molecule has 0 aromatic carbocycles. The minimum Gasteiger partial charge on any atom is -0.327 e. The largest absolute Gasteiger partial charge is 0.327 e. The van der Waals surface area contributed by atoms with E-state index in [1.54, 1.807) is 0 Å². The Kier molecular flexibility index (Phi) is 4.06. The molecule has 1 fully saturated rings. The lowest BCUT2D eigenvalue weighted by Gasteiger charge is -2.27. The standard InChI is InChI=1S/C11H18N4OS/c1-8-4-3-5-15(6-8)7-10(16)12-11-14-13-9(2)17-11/h8H,3-7H2,1-2H3,(H,12,14,16)/p+1/t8-/m1/s1. The average Bonchev–Trinajstić information content (AvgIpc) is 2.63. The SMILES string of the molecule is Cc1nnc(NC(=O)C[NH+]2CCC[C@@H](C)C2)s1. The summed E-state index contributed by atoms with van der Waals surface area (Å²) in [6.45, 7) is 6.88. The number of rotatable bonds is 3. The number of amides is 1. The highest BCUT2D eigenvalue weighted by Crippen LogP contribution is 2.12. The molecule has 5 nitrogen and oxygen atoms in total. The molecule has 0 spiro atoms. The zero-order chi connectivity index (χ0) is 12.3. The number of anilines is 1. The molecule has 2 heterocycles. The van der Waals surface area contributed by atoms with Crippen LogP contribution in [0, 0.1) is 12.8 Å². The first-order valence-corrected chi connectivity index (χ1v) is 6.88. The van der Waals surface area contributed by atoms with E-state index >= 15 is 0 Å². The number of hydrogen-bond donors (Lipinski definition) is 2. The molecule has 1 unspecified atom stereocenters. The average molecular weight is 255 g/mol. The Morgan fingerprint density at radius 2 is 2.41 bits per heavy atom. The third kappa shape index (κ3) is 3.74. The molecular formula is C11H19N4OS+. The van der Waals surface area contributed by atoms with Crippen LogP contribution in [0.15, 0.2) is 0 Å². The quantitative estimate of drug-likeness (QED) is 0.805. The first-order valence-electron chi connectivity index (χ1n) is 6.07. The summed E-state index contributed by atoms with van der Waals surface area (Å²) in [5.74, 6) is 0.778. The van der Waals surface area contributed by atoms with Gasteiger partial charge in [-0.3, -0.25) is 10.1 Å². The number of hydrogen-bond acceptors (Lipinski definition) is 4. The Bertz CT molecular complexity index is 393. The molecular weight excluding hydrogens is 236 g/mol. The molecule has 1 aromatic rings. The predicted octanol–water partition coefficient (Wildman–Crippen LogP) is 0.0998. The number of aromatic nitrogens is 2. The molecule has 2 atom stereocenters. The lowest BCUT2D eigenvalue weighted by atomic mass is 10.0. The van der Waals surface area contributed by atoms with E-state index in [0.717, 1.165) is 24.0 Å². The Balaban J connectivity index is 1.80. The summed E-state index contributed by atoms with van der Waals surface area (Å²) in [4.78, 5) is 13.2. The molecule has 1 aliphatic heterocycles. The molecule has 1 amide bonds. The van der Waals surface area contributed by atoms with Crippen LogP contribution in [-0.4, -0.2) is 35.7 Å². The zero-order valence-corrected chi connectivity index (χ0v) is 11.1. The van der Waals surface area contributed by atoms with Gasteiger partial charge >= 0.3 is 0 Å². The van der Waals surface area contributed by atoms with Crippen LogP contribution in [0.5, 0.6) is 0 Å². The molecule has 0 bridgehead atoms. The van der Waals surface area contributed by atoms with Crippen LogP contribution in [0.4, 0.5) is 5.13 Å². The molecule has 6 heteroatoms. The number of piperidine rings is 1. The van der Waals surface area contributed by atoms with Gasteiger partial charge in [0.1, 0.15) is 5.01 Å². The second-order valence-corrected chi connectivity index (χ2v) is 5.98. The topological polar surface area (TPSA) is 59.3 Å². The maximum atomic E-state index is 11.8. The molecule has 1 saturated heterocycles. The van der Waals surface area contributed by atoms with Crippen molar-refractivity contribution in [1.82, 2.24) is 10.2 Å². The van der Waals surface area contributed by atoms with E-state index in [4.69, 9.17) is 0 Å². The van der Waals surface area contributed by atoms with Gasteiger partial charge in [0.25, 0.3) is 5.91 Å². The van der Waals surface area contributed by atoms with Gasteiger partial charge in [0.05, 0.1) is 13.1 Å². The summed E-state index contributed by atoms with van der Waals surface area (Å²) in [5.41, 5.74) is 0. The fourth-order valence-corrected chi connectivity index (χ4v) is 2.90. The highest BCUT2D eigenvalue weighted by Gasteiger charge is 2.22. The summed E-state index contributed by atoms with van der Waals surface area (Å²) < 4.78 is 0. The Labute approximate surface area is 105 Å². The highest BCUT2D eigenvalue weighted by molar-refractivity contribution is 7.15. The van der Waals surface area contributed by atoms with E-state index in [2.05, 4.69) is 22.4 Å². The molecule has 1 aliphatic rings. The summed E-state index contributed by atoms with van der Waals surface area (Å²) >= 11 is 1.42. The van der Waals surface area contributed by atoms with Gasteiger partial charge in [-0.2, -0.15) is 0 Å². The first kappa shape index (κ1) is 12.4. The molecule has 0 saturated carbocycles. The van der Waals surface area contributed by atoms with Crippen molar-refractivity contribution in [1.29, 1.82) is 0 Å². The number of likely N-dealkylation sites (tertiary alicyclic amines) is 1. The van der Waals surface area contributed by atoms with Gasteiger partial charge < -0.3 is 4.90 Å². The van der Waals surface area contributed by atoms with E-state index in [1.165, 1.54) is 29.1 Å². The maximum absolute atomic E-state index is 11.8. The van der Waals surface area contributed by atoms with Crippen molar-refractivity contribution in [3.8, 4) is 0 Å². The van der Waals surface area contributed by atoms with Crippen LogP contribution in [0.25, 0.3) is 0 Å². The molecule has 2 rings (SSSR count). The van der Waals surface area contributed by atoms with Crippen molar-refractivity contribution in [2.24, 2.45) is 5.92 Å². The van der Waals surface area contributed by atoms with Crippen LogP contribution >= 0.6 is 11.3 Å². The van der Waals surface area contributed by atoms with Gasteiger partial charge in [0.15, 0.2) is 6.54 Å². The summed E-state index contributed by atoms with van der Waals surface area (Å²) in [6.07, 6.45) is 2.52. The molecule has 1 aromatic heterocycles. The van der Waals surface area contributed by atoms with Crippen molar-refractivity contribution in [2.75, 3.05) is 25.0 Å². The number of nitrogens with one attached hydrogen (secondary N) is 2. The Morgan fingerprint density at radius 1 is 1.59 bits per heavy atom. The van der Waals surface area contributed by atoms with Crippen LogP contribution < -0.4 is 10.2 Å². The van der Waals surface area contributed by atoms with Gasteiger partial charge in [0, 0.05) is 5.92 Å². The van der Waals surface area contributed by atoms with Crippen molar-refractivity contribution in [3.05, 3.63) is 5.01 Å². The number of aryl methyl sites for hydroxylation is 1. The maximum Gasteiger partial charge on any atom is 0.281 e. The van der Waals surface area contributed by atoms with Crippen molar-refractivity contribution >= 4 is 22.4 Å². The van der Waals surface area contributed by atoms with Crippen molar-refractivity contribution < 1.29 is 9.69 Å². The fraction of sp³-hybridized carbons (Fsp3) is 0.727. The number of carbonyl (C=O) groups excluding carboxylic acids is 1. The zero-order valence-electron chi connectivity index (χ0n) is 10.3. The summed E-state index contributed by atoms with van der Waals surface area (Å²) in [5, 5.41) is 12.1. The molecule has 0 radical (unpaired) electrons. The smallest absolute Gasteiger partial charge is 0.281 e. The van der Waals surface area contributed by atoms with E-state index in [9.17, 15) is 4.79 Å². The normalized spacial score (nSPS) is 24.6. The lowest BCUT2D eigenvalue weighted by molar-refractivity contribution is -0.900. The van der Waals surface area contributed by atoms with Crippen LogP contribution in [0.1, 0.15) is 24.8 Å². The number of carbonyl (C=O) groups is 1. The van der Waals surface area contributed by atoms with Crippen molar-refractivity contribution in [3.63, 3.8) is 0 Å². The van der Waals surface area contributed by atoms with E-state index < -0.39 is 0 Å². The monoisotopic (exact) mass is 255 g/mol. The third-order valence-electron chi connectivity index (χ3n) is 3.05. The molecule has 94 valence electrons. The molecule has 0 aliphatic carbocycles. The predicted molar refractivity (Wildman–Crippen MR) is 67.2 cm³/mol. The summed E-state index contributed by atoms with van der Waals surface area (Å²) in [6, 6.07) is 0. The van der Waals surface area contributed by atoms with Gasteiger partial charge in [0.2, 0.25) is 5.13 Å². The number of quaternary nitrogens is 1. The molecule has 17 heavy (non-hydrogen) atoms. The molecule has 2 N–H and O–H groups in total. The van der Waals surface area contributed by atoms with E-state index in [1.807, 2.05) is 6.92 Å². The van der Waals surface area contributed by atoms with Gasteiger partial charge in [-0.25, -0.2) is 0 Å². The highest BCUT2D eigenvalue weighted by atomic mass is 32.1. The van der Waals surface area contributed by atoms with E-state index in [-0.39, 0.29) is 5.91 Å². The second-order valence-electron chi connectivity index (χ2n) is 4.80. The summed E-state index contributed by atoms with van der Waals surface area (Å²) in [7, 11) is 0. The van der Waals surface area contributed by atoms with Crippen LogP contribution in [0.3, 0.4) is 0 Å². The van der Waals surface area contributed by atoms with Crippen molar-refractivity contribution in [2.45, 2.75) is 26.7 Å².